The molecule has 2 N–H and O–H groups in total. The first kappa shape index (κ1) is 15.2. The number of hydrogen-bond donors (Lipinski definition) is 2. The van der Waals surface area contributed by atoms with E-state index in [1.807, 2.05) is 0 Å². The van der Waals surface area contributed by atoms with E-state index in [0.717, 1.165) is 18.4 Å². The molecule has 0 heterocycles. The lowest BCUT2D eigenvalue weighted by Crippen LogP contribution is -2.36. The van der Waals surface area contributed by atoms with Gasteiger partial charge in [-0.05, 0) is 30.5 Å². The normalized spacial score (nSPS) is 18.2. The molecule has 0 bridgehead atoms. The van der Waals surface area contributed by atoms with Crippen LogP contribution in [0.4, 0.5) is 8.78 Å². The Morgan fingerprint density at radius 1 is 1.15 bits per heavy atom. The van der Waals surface area contributed by atoms with Crippen molar-refractivity contribution in [1.82, 2.24) is 5.32 Å². The summed E-state index contributed by atoms with van der Waals surface area (Å²) in [5.41, 5.74) is 0.889. The highest BCUT2D eigenvalue weighted by atomic mass is 19.3. The number of alkyl halides is 2. The molecule has 112 valence electrons. The number of nitrogens with one attached hydrogen (secondary N) is 1. The number of hydrogen-bond acceptors (Lipinski definition) is 3. The molecular weight excluding hydrogens is 264 g/mol. The first-order chi connectivity index (χ1) is 9.69. The van der Waals surface area contributed by atoms with Crippen LogP contribution in [0.3, 0.4) is 0 Å². The van der Waals surface area contributed by atoms with Crippen LogP contribution in [-0.2, 0) is 0 Å². The first-order valence-electron chi connectivity index (χ1n) is 7.10. The van der Waals surface area contributed by atoms with Crippen molar-refractivity contribution < 1.29 is 18.6 Å². The molecule has 0 amide bonds. The average molecular weight is 285 g/mol. The third kappa shape index (κ3) is 4.42. The van der Waals surface area contributed by atoms with Crippen molar-refractivity contribution in [3.63, 3.8) is 0 Å². The van der Waals surface area contributed by atoms with Gasteiger partial charge in [-0.25, -0.2) is 0 Å². The predicted octanol–water partition coefficient (Wildman–Crippen LogP) is 3.24. The Morgan fingerprint density at radius 3 is 2.35 bits per heavy atom. The monoisotopic (exact) mass is 285 g/mol. The fraction of sp³-hybridized carbons (Fsp3) is 0.600. The summed E-state index contributed by atoms with van der Waals surface area (Å²) in [4.78, 5) is 0. The van der Waals surface area contributed by atoms with Crippen molar-refractivity contribution in [3.8, 4) is 5.75 Å². The summed E-state index contributed by atoms with van der Waals surface area (Å²) in [6, 6.07) is 6.72. The van der Waals surface area contributed by atoms with Gasteiger partial charge in [0.05, 0.1) is 12.6 Å². The van der Waals surface area contributed by atoms with Crippen LogP contribution < -0.4 is 10.1 Å². The second kappa shape index (κ2) is 7.55. The highest BCUT2D eigenvalue weighted by molar-refractivity contribution is 5.29. The molecule has 1 aliphatic rings. The maximum Gasteiger partial charge on any atom is 0.387 e. The Balaban J connectivity index is 1.95. The molecule has 3 nitrogen and oxygen atoms in total. The van der Waals surface area contributed by atoms with E-state index in [1.54, 1.807) is 12.1 Å². The van der Waals surface area contributed by atoms with E-state index in [9.17, 15) is 13.9 Å². The molecule has 1 aliphatic carbocycles. The van der Waals surface area contributed by atoms with Gasteiger partial charge in [0.2, 0.25) is 0 Å². The fourth-order valence-corrected chi connectivity index (χ4v) is 2.69. The third-order valence-corrected chi connectivity index (χ3v) is 3.73. The minimum Gasteiger partial charge on any atom is -0.435 e. The van der Waals surface area contributed by atoms with Gasteiger partial charge >= 0.3 is 6.61 Å². The number of aliphatic hydroxyl groups is 1. The minimum absolute atomic E-state index is 0.00838. The van der Waals surface area contributed by atoms with Gasteiger partial charge in [-0.2, -0.15) is 8.78 Å². The highest BCUT2D eigenvalue weighted by Crippen LogP contribution is 2.23. The van der Waals surface area contributed by atoms with Crippen LogP contribution in [0.15, 0.2) is 24.3 Å². The molecule has 1 fully saturated rings. The molecule has 1 aromatic carbocycles. The van der Waals surface area contributed by atoms with Gasteiger partial charge in [0, 0.05) is 6.04 Å². The van der Waals surface area contributed by atoms with Crippen LogP contribution >= 0.6 is 0 Å². The summed E-state index contributed by atoms with van der Waals surface area (Å²) >= 11 is 0. The molecule has 20 heavy (non-hydrogen) atoms. The maximum atomic E-state index is 12.1. The zero-order valence-electron chi connectivity index (χ0n) is 11.4. The van der Waals surface area contributed by atoms with Gasteiger partial charge in [-0.15, -0.1) is 0 Å². The molecule has 1 unspecified atom stereocenters. The zero-order chi connectivity index (χ0) is 14.4. The van der Waals surface area contributed by atoms with Crippen LogP contribution in [0, 0.1) is 0 Å². The van der Waals surface area contributed by atoms with Crippen LogP contribution in [0.2, 0.25) is 0 Å². The number of benzene rings is 1. The number of rotatable bonds is 6. The Labute approximate surface area is 117 Å². The average Bonchev–Trinajstić information content (AvgIpc) is 2.46. The summed E-state index contributed by atoms with van der Waals surface area (Å²) < 4.78 is 28.5. The Kier molecular flexibility index (Phi) is 5.73. The molecule has 1 aromatic rings. The topological polar surface area (TPSA) is 41.5 Å². The summed E-state index contributed by atoms with van der Waals surface area (Å²) in [5, 5.41) is 13.0. The zero-order valence-corrected chi connectivity index (χ0v) is 11.4. The van der Waals surface area contributed by atoms with Crippen LogP contribution in [0.1, 0.15) is 43.7 Å². The van der Waals surface area contributed by atoms with Crippen molar-refractivity contribution in [3.05, 3.63) is 29.8 Å². The summed E-state index contributed by atoms with van der Waals surface area (Å²) in [6.45, 7) is -2.82. The van der Waals surface area contributed by atoms with E-state index in [4.69, 9.17) is 0 Å². The first-order valence-corrected chi connectivity index (χ1v) is 7.10. The van der Waals surface area contributed by atoms with E-state index in [-0.39, 0.29) is 18.4 Å². The smallest absolute Gasteiger partial charge is 0.387 e. The van der Waals surface area contributed by atoms with E-state index in [1.165, 1.54) is 31.4 Å². The molecule has 2 rings (SSSR count). The van der Waals surface area contributed by atoms with Gasteiger partial charge in [0.25, 0.3) is 0 Å². The second-order valence-electron chi connectivity index (χ2n) is 5.18. The highest BCUT2D eigenvalue weighted by Gasteiger charge is 2.18. The van der Waals surface area contributed by atoms with Crippen molar-refractivity contribution in [2.24, 2.45) is 0 Å². The quantitative estimate of drug-likeness (QED) is 0.843. The number of ether oxygens (including phenoxy) is 1. The van der Waals surface area contributed by atoms with Crippen LogP contribution in [0.25, 0.3) is 0 Å². The van der Waals surface area contributed by atoms with Crippen LogP contribution in [0.5, 0.6) is 5.75 Å². The SMILES string of the molecule is OCC(NC1CCCCC1)c1ccc(OC(F)F)cc1. The number of halogens is 2. The lowest BCUT2D eigenvalue weighted by atomic mass is 9.94. The summed E-state index contributed by atoms with van der Waals surface area (Å²) in [5.74, 6) is 0.137. The molecule has 0 spiro atoms. The van der Waals surface area contributed by atoms with E-state index in [2.05, 4.69) is 10.1 Å². The van der Waals surface area contributed by atoms with Crippen molar-refractivity contribution in [2.75, 3.05) is 6.61 Å². The molecule has 0 aromatic heterocycles. The predicted molar refractivity (Wildman–Crippen MR) is 72.9 cm³/mol. The van der Waals surface area contributed by atoms with E-state index >= 15 is 0 Å². The molecule has 5 heteroatoms. The Hall–Kier alpha value is -1.20. The Bertz CT molecular complexity index is 391. The summed E-state index contributed by atoms with van der Waals surface area (Å²) in [7, 11) is 0. The molecule has 0 radical (unpaired) electrons. The minimum atomic E-state index is -2.81. The third-order valence-electron chi connectivity index (χ3n) is 3.73. The molecule has 0 saturated heterocycles. The second-order valence-corrected chi connectivity index (χ2v) is 5.18. The largest absolute Gasteiger partial charge is 0.435 e. The van der Waals surface area contributed by atoms with Gasteiger partial charge in [-0.3, -0.25) is 0 Å². The van der Waals surface area contributed by atoms with Crippen molar-refractivity contribution in [2.45, 2.75) is 50.8 Å². The molecule has 1 atom stereocenters. The maximum absolute atomic E-state index is 12.1. The lowest BCUT2D eigenvalue weighted by Gasteiger charge is -2.28. The van der Waals surface area contributed by atoms with Gasteiger partial charge < -0.3 is 15.2 Å². The van der Waals surface area contributed by atoms with Crippen molar-refractivity contribution in [1.29, 1.82) is 0 Å². The summed E-state index contributed by atoms with van der Waals surface area (Å²) in [6.07, 6.45) is 5.97. The molecular formula is C15H21F2NO2. The lowest BCUT2D eigenvalue weighted by molar-refractivity contribution is -0.0498. The van der Waals surface area contributed by atoms with Crippen LogP contribution in [-0.4, -0.2) is 24.4 Å². The van der Waals surface area contributed by atoms with Gasteiger partial charge in [0.1, 0.15) is 5.75 Å². The van der Waals surface area contributed by atoms with Crippen molar-refractivity contribution >= 4 is 0 Å². The standard InChI is InChI=1S/C15H21F2NO2/c16-15(17)20-13-8-6-11(7-9-13)14(10-19)18-12-4-2-1-3-5-12/h6-9,12,14-15,18-19H,1-5,10H2. The number of aliphatic hydroxyl groups excluding tert-OH is 1. The molecule has 0 aliphatic heterocycles. The van der Waals surface area contributed by atoms with Gasteiger partial charge in [-0.1, -0.05) is 31.4 Å². The molecule has 1 saturated carbocycles. The fourth-order valence-electron chi connectivity index (χ4n) is 2.69. The van der Waals surface area contributed by atoms with E-state index < -0.39 is 6.61 Å². The van der Waals surface area contributed by atoms with Gasteiger partial charge in [0.15, 0.2) is 0 Å². The Morgan fingerprint density at radius 2 is 1.80 bits per heavy atom. The van der Waals surface area contributed by atoms with E-state index in [0.29, 0.717) is 6.04 Å².